The first-order chi connectivity index (χ1) is 11.3. The van der Waals surface area contributed by atoms with Crippen LogP contribution in [0.2, 0.25) is 0 Å². The average molecular weight is 308 g/mol. The minimum Gasteiger partial charge on any atom is -0.376 e. The Labute approximate surface area is 138 Å². The van der Waals surface area contributed by atoms with Gasteiger partial charge in [-0.25, -0.2) is 0 Å². The van der Waals surface area contributed by atoms with Crippen molar-refractivity contribution in [2.45, 2.75) is 39.0 Å². The average Bonchev–Trinajstić information content (AvgIpc) is 2.60. The molecule has 120 valence electrons. The first-order valence-corrected chi connectivity index (χ1v) is 8.49. The molecule has 0 aromatic heterocycles. The van der Waals surface area contributed by atoms with Gasteiger partial charge in [-0.05, 0) is 67.0 Å². The molecule has 0 saturated heterocycles. The van der Waals surface area contributed by atoms with Crippen LogP contribution in [0.3, 0.4) is 0 Å². The fourth-order valence-corrected chi connectivity index (χ4v) is 3.15. The highest BCUT2D eigenvalue weighted by Crippen LogP contribution is 2.27. The van der Waals surface area contributed by atoms with Crippen LogP contribution < -0.4 is 10.6 Å². The Morgan fingerprint density at radius 1 is 1.04 bits per heavy atom. The fourth-order valence-electron chi connectivity index (χ4n) is 3.15. The Morgan fingerprint density at radius 2 is 1.83 bits per heavy atom. The molecule has 3 rings (SSSR count). The summed E-state index contributed by atoms with van der Waals surface area (Å²) in [6.07, 6.45) is 5.78. The minimum atomic E-state index is -0.0114. The maximum atomic E-state index is 12.1. The van der Waals surface area contributed by atoms with E-state index >= 15 is 0 Å². The highest BCUT2D eigenvalue weighted by Gasteiger charge is 2.13. The van der Waals surface area contributed by atoms with E-state index in [0.29, 0.717) is 6.54 Å². The van der Waals surface area contributed by atoms with Crippen molar-refractivity contribution >= 4 is 17.3 Å². The first-order valence-electron chi connectivity index (χ1n) is 8.49. The van der Waals surface area contributed by atoms with Crippen molar-refractivity contribution < 1.29 is 4.79 Å². The molecule has 2 aromatic rings. The maximum Gasteiger partial charge on any atom is 0.243 e. The van der Waals surface area contributed by atoms with E-state index in [0.717, 1.165) is 30.6 Å². The number of hydrogen-bond donors (Lipinski definition) is 2. The number of anilines is 2. The quantitative estimate of drug-likeness (QED) is 0.870. The molecule has 2 N–H and O–H groups in total. The number of benzene rings is 2. The standard InChI is InChI=1S/C20H24N2O/c1-2-15-10-12-17(13-11-15)22-20(23)14-21-19-9-5-7-16-6-3-4-8-18(16)19/h5,7,9-13,21H,2-4,6,8,14H2,1H3,(H,22,23). The Morgan fingerprint density at radius 3 is 2.61 bits per heavy atom. The Kier molecular flexibility index (Phi) is 4.96. The van der Waals surface area contributed by atoms with Gasteiger partial charge in [-0.1, -0.05) is 31.2 Å². The van der Waals surface area contributed by atoms with Crippen molar-refractivity contribution in [2.24, 2.45) is 0 Å². The largest absolute Gasteiger partial charge is 0.376 e. The van der Waals surface area contributed by atoms with Gasteiger partial charge in [0.1, 0.15) is 0 Å². The summed E-state index contributed by atoms with van der Waals surface area (Å²) >= 11 is 0. The van der Waals surface area contributed by atoms with Gasteiger partial charge in [0.05, 0.1) is 6.54 Å². The van der Waals surface area contributed by atoms with Gasteiger partial charge < -0.3 is 10.6 Å². The van der Waals surface area contributed by atoms with Crippen molar-refractivity contribution in [3.63, 3.8) is 0 Å². The summed E-state index contributed by atoms with van der Waals surface area (Å²) in [6.45, 7) is 2.42. The van der Waals surface area contributed by atoms with E-state index in [4.69, 9.17) is 0 Å². The van der Waals surface area contributed by atoms with Crippen molar-refractivity contribution in [3.8, 4) is 0 Å². The molecule has 1 aliphatic rings. The SMILES string of the molecule is CCc1ccc(NC(=O)CNc2cccc3c2CCCC3)cc1. The summed E-state index contributed by atoms with van der Waals surface area (Å²) in [7, 11) is 0. The number of carbonyl (C=O) groups excluding carboxylic acids is 1. The number of amides is 1. The van der Waals surface area contributed by atoms with Gasteiger partial charge in [0.2, 0.25) is 5.91 Å². The van der Waals surface area contributed by atoms with E-state index in [2.05, 4.69) is 47.9 Å². The molecule has 2 aromatic carbocycles. The minimum absolute atomic E-state index is 0.0114. The molecule has 0 aliphatic heterocycles. The number of nitrogens with one attached hydrogen (secondary N) is 2. The van der Waals surface area contributed by atoms with E-state index in [1.807, 2.05) is 12.1 Å². The van der Waals surface area contributed by atoms with Crippen LogP contribution in [-0.2, 0) is 24.1 Å². The molecule has 0 bridgehead atoms. The van der Waals surface area contributed by atoms with Gasteiger partial charge in [0.25, 0.3) is 0 Å². The maximum absolute atomic E-state index is 12.1. The van der Waals surface area contributed by atoms with Crippen LogP contribution in [0.15, 0.2) is 42.5 Å². The molecule has 0 heterocycles. The lowest BCUT2D eigenvalue weighted by Gasteiger charge is -2.20. The van der Waals surface area contributed by atoms with E-state index in [-0.39, 0.29) is 5.91 Å². The summed E-state index contributed by atoms with van der Waals surface area (Å²) in [5.74, 6) is -0.0114. The molecule has 23 heavy (non-hydrogen) atoms. The Balaban J connectivity index is 1.58. The third kappa shape index (κ3) is 3.92. The van der Waals surface area contributed by atoms with Crippen molar-refractivity contribution in [2.75, 3.05) is 17.2 Å². The fraction of sp³-hybridized carbons (Fsp3) is 0.350. The smallest absolute Gasteiger partial charge is 0.243 e. The lowest BCUT2D eigenvalue weighted by molar-refractivity contribution is -0.114. The molecule has 0 unspecified atom stereocenters. The first kappa shape index (κ1) is 15.6. The Hall–Kier alpha value is -2.29. The topological polar surface area (TPSA) is 41.1 Å². The summed E-state index contributed by atoms with van der Waals surface area (Å²) < 4.78 is 0. The second kappa shape index (κ2) is 7.32. The summed E-state index contributed by atoms with van der Waals surface area (Å²) in [5.41, 5.74) is 6.05. The molecule has 0 atom stereocenters. The van der Waals surface area contributed by atoms with Gasteiger partial charge in [0.15, 0.2) is 0 Å². The van der Waals surface area contributed by atoms with Crippen molar-refractivity contribution in [1.82, 2.24) is 0 Å². The van der Waals surface area contributed by atoms with Crippen LogP contribution >= 0.6 is 0 Å². The zero-order valence-corrected chi connectivity index (χ0v) is 13.7. The molecule has 0 spiro atoms. The van der Waals surface area contributed by atoms with E-state index in [1.54, 1.807) is 0 Å². The number of rotatable bonds is 5. The number of hydrogen-bond acceptors (Lipinski definition) is 2. The summed E-state index contributed by atoms with van der Waals surface area (Å²) in [4.78, 5) is 12.1. The Bertz CT molecular complexity index is 677. The molecule has 1 aliphatic carbocycles. The van der Waals surface area contributed by atoms with Gasteiger partial charge in [0, 0.05) is 11.4 Å². The molecule has 0 radical (unpaired) electrons. The molecule has 0 fully saturated rings. The molecule has 3 heteroatoms. The molecular weight excluding hydrogens is 284 g/mol. The van der Waals surface area contributed by atoms with Crippen molar-refractivity contribution in [1.29, 1.82) is 0 Å². The zero-order chi connectivity index (χ0) is 16.1. The van der Waals surface area contributed by atoms with Crippen LogP contribution in [0.5, 0.6) is 0 Å². The summed E-state index contributed by atoms with van der Waals surface area (Å²) in [5, 5.41) is 6.25. The van der Waals surface area contributed by atoms with E-state index in [1.165, 1.54) is 29.5 Å². The van der Waals surface area contributed by atoms with Gasteiger partial charge in [-0.2, -0.15) is 0 Å². The predicted molar refractivity (Wildman–Crippen MR) is 96.0 cm³/mol. The lowest BCUT2D eigenvalue weighted by atomic mass is 9.90. The van der Waals surface area contributed by atoms with Gasteiger partial charge in [-0.15, -0.1) is 0 Å². The van der Waals surface area contributed by atoms with Crippen LogP contribution in [0.4, 0.5) is 11.4 Å². The van der Waals surface area contributed by atoms with Crippen LogP contribution in [0.25, 0.3) is 0 Å². The predicted octanol–water partition coefficient (Wildman–Crippen LogP) is 4.18. The molecule has 0 saturated carbocycles. The highest BCUT2D eigenvalue weighted by molar-refractivity contribution is 5.93. The third-order valence-corrected chi connectivity index (χ3v) is 4.48. The zero-order valence-electron chi connectivity index (χ0n) is 13.7. The van der Waals surface area contributed by atoms with Crippen LogP contribution in [0, 0.1) is 0 Å². The normalized spacial score (nSPS) is 13.3. The van der Waals surface area contributed by atoms with Gasteiger partial charge >= 0.3 is 0 Å². The monoisotopic (exact) mass is 308 g/mol. The number of fused-ring (bicyclic) bond motifs is 1. The van der Waals surface area contributed by atoms with Crippen LogP contribution in [-0.4, -0.2) is 12.5 Å². The second-order valence-corrected chi connectivity index (χ2v) is 6.10. The second-order valence-electron chi connectivity index (χ2n) is 6.10. The number of aryl methyl sites for hydroxylation is 2. The van der Waals surface area contributed by atoms with Gasteiger partial charge in [-0.3, -0.25) is 4.79 Å². The third-order valence-electron chi connectivity index (χ3n) is 4.48. The highest BCUT2D eigenvalue weighted by atomic mass is 16.1. The lowest BCUT2D eigenvalue weighted by Crippen LogP contribution is -2.22. The molecule has 1 amide bonds. The number of carbonyl (C=O) groups is 1. The van der Waals surface area contributed by atoms with E-state index < -0.39 is 0 Å². The summed E-state index contributed by atoms with van der Waals surface area (Å²) in [6, 6.07) is 14.4. The molecular formula is C20H24N2O. The van der Waals surface area contributed by atoms with E-state index in [9.17, 15) is 4.79 Å². The molecule has 3 nitrogen and oxygen atoms in total. The van der Waals surface area contributed by atoms with Crippen LogP contribution in [0.1, 0.15) is 36.5 Å². The van der Waals surface area contributed by atoms with Crippen molar-refractivity contribution in [3.05, 3.63) is 59.2 Å².